The third kappa shape index (κ3) is 5.10. The molecule has 0 fully saturated rings. The SMILES string of the molecule is Cc1cc(C)c(OCCNC(=O)Cc2ccccc2Br)cc1C. The maximum absolute atomic E-state index is 12.0. The van der Waals surface area contributed by atoms with E-state index in [1.165, 1.54) is 11.1 Å². The monoisotopic (exact) mass is 375 g/mol. The summed E-state index contributed by atoms with van der Waals surface area (Å²) in [5.74, 6) is 0.880. The molecule has 0 aliphatic heterocycles. The molecule has 2 aromatic rings. The van der Waals surface area contributed by atoms with Crippen molar-refractivity contribution in [3.63, 3.8) is 0 Å². The molecular formula is C19H22BrNO2. The summed E-state index contributed by atoms with van der Waals surface area (Å²) in [7, 11) is 0. The molecule has 0 aromatic heterocycles. The lowest BCUT2D eigenvalue weighted by atomic mass is 10.1. The van der Waals surface area contributed by atoms with Crippen LogP contribution >= 0.6 is 15.9 Å². The zero-order chi connectivity index (χ0) is 16.8. The molecule has 0 aliphatic rings. The molecule has 2 aromatic carbocycles. The van der Waals surface area contributed by atoms with Gasteiger partial charge >= 0.3 is 0 Å². The minimum absolute atomic E-state index is 0.00249. The highest BCUT2D eigenvalue weighted by atomic mass is 79.9. The summed E-state index contributed by atoms with van der Waals surface area (Å²) in [6.07, 6.45) is 0.365. The number of hydrogen-bond acceptors (Lipinski definition) is 2. The second-order valence-electron chi connectivity index (χ2n) is 5.67. The fraction of sp³-hybridized carbons (Fsp3) is 0.316. The van der Waals surface area contributed by atoms with Gasteiger partial charge in [0.1, 0.15) is 12.4 Å². The Hall–Kier alpha value is -1.81. The fourth-order valence-corrected chi connectivity index (χ4v) is 2.74. The van der Waals surface area contributed by atoms with Gasteiger partial charge in [0.25, 0.3) is 0 Å². The summed E-state index contributed by atoms with van der Waals surface area (Å²) in [6.45, 7) is 7.16. The predicted molar refractivity (Wildman–Crippen MR) is 97.0 cm³/mol. The molecule has 2 rings (SSSR count). The van der Waals surface area contributed by atoms with Crippen molar-refractivity contribution in [3.05, 3.63) is 63.1 Å². The molecule has 0 aliphatic carbocycles. The molecule has 4 heteroatoms. The number of halogens is 1. The van der Waals surface area contributed by atoms with Crippen molar-refractivity contribution in [1.29, 1.82) is 0 Å². The topological polar surface area (TPSA) is 38.3 Å². The zero-order valence-corrected chi connectivity index (χ0v) is 15.4. The highest BCUT2D eigenvalue weighted by Crippen LogP contribution is 2.22. The van der Waals surface area contributed by atoms with Crippen molar-refractivity contribution < 1.29 is 9.53 Å². The Labute approximate surface area is 146 Å². The third-order valence-corrected chi connectivity index (χ3v) is 4.56. The third-order valence-electron chi connectivity index (χ3n) is 3.78. The maximum Gasteiger partial charge on any atom is 0.224 e. The van der Waals surface area contributed by atoms with Gasteiger partial charge in [0.15, 0.2) is 0 Å². The Morgan fingerprint density at radius 3 is 2.52 bits per heavy atom. The Morgan fingerprint density at radius 1 is 1.09 bits per heavy atom. The number of rotatable bonds is 6. The summed E-state index contributed by atoms with van der Waals surface area (Å²) in [4.78, 5) is 12.0. The van der Waals surface area contributed by atoms with E-state index in [4.69, 9.17) is 4.74 Å². The highest BCUT2D eigenvalue weighted by molar-refractivity contribution is 9.10. The van der Waals surface area contributed by atoms with Crippen molar-refractivity contribution in [1.82, 2.24) is 5.32 Å². The first kappa shape index (κ1) is 17.5. The molecule has 0 heterocycles. The lowest BCUT2D eigenvalue weighted by Crippen LogP contribution is -2.29. The second-order valence-corrected chi connectivity index (χ2v) is 6.52. The van der Waals surface area contributed by atoms with Crippen LogP contribution in [0.2, 0.25) is 0 Å². The molecular weight excluding hydrogens is 354 g/mol. The first-order valence-corrected chi connectivity index (χ1v) is 8.47. The van der Waals surface area contributed by atoms with E-state index in [0.29, 0.717) is 19.6 Å². The molecule has 0 radical (unpaired) electrons. The van der Waals surface area contributed by atoms with Gasteiger partial charge in [0, 0.05) is 4.47 Å². The normalized spacial score (nSPS) is 10.4. The minimum Gasteiger partial charge on any atom is -0.491 e. The van der Waals surface area contributed by atoms with E-state index < -0.39 is 0 Å². The van der Waals surface area contributed by atoms with Gasteiger partial charge in [0.05, 0.1) is 13.0 Å². The first-order chi connectivity index (χ1) is 11.0. The quantitative estimate of drug-likeness (QED) is 0.771. The van der Waals surface area contributed by atoms with Crippen molar-refractivity contribution in [3.8, 4) is 5.75 Å². The molecule has 1 amide bonds. The Bertz CT molecular complexity index is 698. The predicted octanol–water partition coefficient (Wildman–Crippen LogP) is 4.11. The number of carbonyl (C=O) groups is 1. The van der Waals surface area contributed by atoms with E-state index in [1.54, 1.807) is 0 Å². The minimum atomic E-state index is -0.00249. The molecule has 0 saturated heterocycles. The summed E-state index contributed by atoms with van der Waals surface area (Å²) in [5, 5.41) is 2.89. The Morgan fingerprint density at radius 2 is 1.78 bits per heavy atom. The fourth-order valence-electron chi connectivity index (χ4n) is 2.32. The molecule has 23 heavy (non-hydrogen) atoms. The summed E-state index contributed by atoms with van der Waals surface area (Å²) < 4.78 is 6.73. The average molecular weight is 376 g/mol. The van der Waals surface area contributed by atoms with E-state index in [9.17, 15) is 4.79 Å². The number of hydrogen-bond donors (Lipinski definition) is 1. The standard InChI is InChI=1S/C19H22BrNO2/c1-13-10-15(3)18(11-14(13)2)23-9-8-21-19(22)12-16-6-4-5-7-17(16)20/h4-7,10-11H,8-9,12H2,1-3H3,(H,21,22). The lowest BCUT2D eigenvalue weighted by Gasteiger charge is -2.12. The largest absolute Gasteiger partial charge is 0.491 e. The number of nitrogens with one attached hydrogen (secondary N) is 1. The van der Waals surface area contributed by atoms with Crippen LogP contribution in [0.15, 0.2) is 40.9 Å². The number of aryl methyl sites for hydroxylation is 3. The van der Waals surface area contributed by atoms with Crippen LogP contribution in [-0.2, 0) is 11.2 Å². The van der Waals surface area contributed by atoms with Crippen LogP contribution in [0.5, 0.6) is 5.75 Å². The molecule has 0 saturated carbocycles. The van der Waals surface area contributed by atoms with Gasteiger partial charge < -0.3 is 10.1 Å². The van der Waals surface area contributed by atoms with Gasteiger partial charge in [-0.2, -0.15) is 0 Å². The second kappa shape index (κ2) is 8.16. The smallest absolute Gasteiger partial charge is 0.224 e. The Balaban J connectivity index is 1.78. The Kier molecular flexibility index (Phi) is 6.22. The first-order valence-electron chi connectivity index (χ1n) is 7.68. The van der Waals surface area contributed by atoms with Gasteiger partial charge in [-0.15, -0.1) is 0 Å². The molecule has 3 nitrogen and oxygen atoms in total. The van der Waals surface area contributed by atoms with Gasteiger partial charge in [-0.3, -0.25) is 4.79 Å². The lowest BCUT2D eigenvalue weighted by molar-refractivity contribution is -0.120. The van der Waals surface area contributed by atoms with Gasteiger partial charge in [0.2, 0.25) is 5.91 Å². The summed E-state index contributed by atoms with van der Waals surface area (Å²) >= 11 is 3.45. The number of amides is 1. The van der Waals surface area contributed by atoms with Gasteiger partial charge in [-0.25, -0.2) is 0 Å². The van der Waals surface area contributed by atoms with Crippen LogP contribution < -0.4 is 10.1 Å². The highest BCUT2D eigenvalue weighted by Gasteiger charge is 2.06. The molecule has 0 atom stereocenters. The molecule has 0 spiro atoms. The van der Waals surface area contributed by atoms with Crippen molar-refractivity contribution in [2.75, 3.05) is 13.2 Å². The van der Waals surface area contributed by atoms with E-state index >= 15 is 0 Å². The molecule has 1 N–H and O–H groups in total. The number of ether oxygens (including phenoxy) is 1. The maximum atomic E-state index is 12.0. The van der Waals surface area contributed by atoms with Crippen molar-refractivity contribution in [2.24, 2.45) is 0 Å². The van der Waals surface area contributed by atoms with Crippen LogP contribution in [-0.4, -0.2) is 19.1 Å². The van der Waals surface area contributed by atoms with E-state index in [0.717, 1.165) is 21.3 Å². The molecule has 0 unspecified atom stereocenters. The molecule has 122 valence electrons. The summed E-state index contributed by atoms with van der Waals surface area (Å²) in [5.41, 5.74) is 4.57. The number of benzene rings is 2. The van der Waals surface area contributed by atoms with Crippen LogP contribution in [0.3, 0.4) is 0 Å². The van der Waals surface area contributed by atoms with Crippen LogP contribution in [0.4, 0.5) is 0 Å². The zero-order valence-electron chi connectivity index (χ0n) is 13.8. The summed E-state index contributed by atoms with van der Waals surface area (Å²) in [6, 6.07) is 11.9. The van der Waals surface area contributed by atoms with Crippen LogP contribution in [0, 0.1) is 20.8 Å². The van der Waals surface area contributed by atoms with Gasteiger partial charge in [-0.05, 0) is 55.2 Å². The van der Waals surface area contributed by atoms with E-state index in [2.05, 4.69) is 41.2 Å². The van der Waals surface area contributed by atoms with E-state index in [1.807, 2.05) is 37.3 Å². The van der Waals surface area contributed by atoms with Crippen molar-refractivity contribution >= 4 is 21.8 Å². The van der Waals surface area contributed by atoms with Gasteiger partial charge in [-0.1, -0.05) is 40.2 Å². The van der Waals surface area contributed by atoms with E-state index in [-0.39, 0.29) is 5.91 Å². The van der Waals surface area contributed by atoms with Crippen molar-refractivity contribution in [2.45, 2.75) is 27.2 Å². The van der Waals surface area contributed by atoms with Crippen LogP contribution in [0.25, 0.3) is 0 Å². The van der Waals surface area contributed by atoms with Crippen LogP contribution in [0.1, 0.15) is 22.3 Å². The molecule has 0 bridgehead atoms. The average Bonchev–Trinajstić information content (AvgIpc) is 2.51. The number of carbonyl (C=O) groups excluding carboxylic acids is 1.